The summed E-state index contributed by atoms with van der Waals surface area (Å²) in [7, 11) is 0. The maximum atomic E-state index is 12.1. The van der Waals surface area contributed by atoms with Gasteiger partial charge in [0.05, 0.1) is 17.3 Å². The summed E-state index contributed by atoms with van der Waals surface area (Å²) >= 11 is 0. The van der Waals surface area contributed by atoms with Crippen molar-refractivity contribution in [3.8, 4) is 0 Å². The maximum absolute atomic E-state index is 12.1. The van der Waals surface area contributed by atoms with Crippen molar-refractivity contribution >= 4 is 28.5 Å². The fraction of sp³-hybridized carbons (Fsp3) is 0.273. The van der Waals surface area contributed by atoms with Crippen LogP contribution in [0.2, 0.25) is 0 Å². The van der Waals surface area contributed by atoms with Crippen LogP contribution in [0.3, 0.4) is 0 Å². The van der Waals surface area contributed by atoms with E-state index in [0.29, 0.717) is 16.7 Å². The zero-order valence-corrected chi connectivity index (χ0v) is 16.7. The monoisotopic (exact) mass is 393 g/mol. The molecular formula is C22H23N3O4. The number of hydrogen-bond donors (Lipinski definition) is 2. The number of aryl methyl sites for hydroxylation is 4. The molecular weight excluding hydrogens is 370 g/mol. The largest absolute Gasteiger partial charge is 0.456 e. The third-order valence-corrected chi connectivity index (χ3v) is 4.53. The lowest BCUT2D eigenvalue weighted by Gasteiger charge is -2.13. The molecule has 0 bridgehead atoms. The molecule has 0 saturated carbocycles. The molecule has 2 N–H and O–H groups in total. The standard InChI is InChI=1S/C22H23N3O4/c1-13-10-14(2)21(15(3)11-13)25-19(26)12-29-20(27)9-8-18-23-17-7-5-4-6-16(17)22(28)24-18/h4-7,10-11H,8-9,12H2,1-3H3,(H,25,26)(H,23,24,28). The van der Waals surface area contributed by atoms with E-state index in [-0.39, 0.29) is 25.0 Å². The molecule has 1 heterocycles. The molecule has 0 atom stereocenters. The zero-order valence-electron chi connectivity index (χ0n) is 16.7. The highest BCUT2D eigenvalue weighted by atomic mass is 16.5. The van der Waals surface area contributed by atoms with Crippen LogP contribution in [0.25, 0.3) is 10.9 Å². The fourth-order valence-electron chi connectivity index (χ4n) is 3.24. The van der Waals surface area contributed by atoms with Crippen LogP contribution in [0, 0.1) is 20.8 Å². The summed E-state index contributed by atoms with van der Waals surface area (Å²) < 4.78 is 5.05. The average molecular weight is 393 g/mol. The van der Waals surface area contributed by atoms with Crippen molar-refractivity contribution in [1.29, 1.82) is 0 Å². The van der Waals surface area contributed by atoms with Crippen LogP contribution in [-0.2, 0) is 20.7 Å². The van der Waals surface area contributed by atoms with Gasteiger partial charge in [0.15, 0.2) is 6.61 Å². The van der Waals surface area contributed by atoms with Gasteiger partial charge < -0.3 is 15.0 Å². The minimum Gasteiger partial charge on any atom is -0.456 e. The van der Waals surface area contributed by atoms with E-state index in [4.69, 9.17) is 4.74 Å². The first kappa shape index (κ1) is 20.3. The van der Waals surface area contributed by atoms with Gasteiger partial charge in [0.1, 0.15) is 5.82 Å². The van der Waals surface area contributed by atoms with Crippen molar-refractivity contribution in [2.24, 2.45) is 0 Å². The molecule has 0 fully saturated rings. The molecule has 150 valence electrons. The second-order valence-corrected chi connectivity index (χ2v) is 7.01. The summed E-state index contributed by atoms with van der Waals surface area (Å²) in [6, 6.07) is 10.9. The van der Waals surface area contributed by atoms with E-state index in [1.54, 1.807) is 24.3 Å². The number of esters is 1. The molecule has 0 saturated heterocycles. The number of aromatic nitrogens is 2. The smallest absolute Gasteiger partial charge is 0.306 e. The molecule has 7 heteroatoms. The molecule has 2 aromatic carbocycles. The Balaban J connectivity index is 1.53. The average Bonchev–Trinajstić information content (AvgIpc) is 2.67. The van der Waals surface area contributed by atoms with Gasteiger partial charge in [0.2, 0.25) is 0 Å². The van der Waals surface area contributed by atoms with Crippen LogP contribution >= 0.6 is 0 Å². The van der Waals surface area contributed by atoms with E-state index in [9.17, 15) is 14.4 Å². The van der Waals surface area contributed by atoms with Crippen LogP contribution in [0.4, 0.5) is 5.69 Å². The number of ether oxygens (including phenoxy) is 1. The molecule has 7 nitrogen and oxygen atoms in total. The zero-order chi connectivity index (χ0) is 21.0. The van der Waals surface area contributed by atoms with Gasteiger partial charge in [0.25, 0.3) is 11.5 Å². The third kappa shape index (κ3) is 5.07. The third-order valence-electron chi connectivity index (χ3n) is 4.53. The van der Waals surface area contributed by atoms with Crippen LogP contribution < -0.4 is 10.9 Å². The van der Waals surface area contributed by atoms with Gasteiger partial charge in [-0.25, -0.2) is 4.98 Å². The number of H-pyrrole nitrogens is 1. The van der Waals surface area contributed by atoms with Crippen LogP contribution in [0.5, 0.6) is 0 Å². The first-order valence-electron chi connectivity index (χ1n) is 9.35. The number of anilines is 1. The predicted octanol–water partition coefficient (Wildman–Crippen LogP) is 2.96. The molecule has 1 aromatic heterocycles. The number of para-hydroxylation sites is 1. The number of rotatable bonds is 6. The number of carbonyl (C=O) groups excluding carboxylic acids is 2. The molecule has 0 aliphatic rings. The Hall–Kier alpha value is -3.48. The Morgan fingerprint density at radius 2 is 1.79 bits per heavy atom. The summed E-state index contributed by atoms with van der Waals surface area (Å²) in [5, 5.41) is 3.28. The van der Waals surface area contributed by atoms with Crippen molar-refractivity contribution in [3.05, 3.63) is 69.3 Å². The number of nitrogens with zero attached hydrogens (tertiary/aromatic N) is 1. The Labute approximate surface area is 168 Å². The van der Waals surface area contributed by atoms with Crippen molar-refractivity contribution in [1.82, 2.24) is 9.97 Å². The molecule has 1 amide bonds. The van der Waals surface area contributed by atoms with Gasteiger partial charge >= 0.3 is 5.97 Å². The number of nitrogens with one attached hydrogen (secondary N) is 2. The van der Waals surface area contributed by atoms with E-state index < -0.39 is 11.9 Å². The molecule has 0 aliphatic carbocycles. The number of benzene rings is 2. The van der Waals surface area contributed by atoms with Gasteiger partial charge in [-0.05, 0) is 44.0 Å². The van der Waals surface area contributed by atoms with E-state index in [1.807, 2.05) is 32.9 Å². The lowest BCUT2D eigenvalue weighted by molar-refractivity contribution is -0.147. The molecule has 0 aliphatic heterocycles. The molecule has 3 aromatic rings. The maximum Gasteiger partial charge on any atom is 0.306 e. The first-order valence-corrected chi connectivity index (χ1v) is 9.35. The Morgan fingerprint density at radius 1 is 1.10 bits per heavy atom. The minimum absolute atomic E-state index is 0.0111. The van der Waals surface area contributed by atoms with Gasteiger partial charge in [-0.3, -0.25) is 14.4 Å². The number of carbonyl (C=O) groups is 2. The molecule has 29 heavy (non-hydrogen) atoms. The second kappa shape index (κ2) is 8.68. The predicted molar refractivity (Wildman–Crippen MR) is 111 cm³/mol. The van der Waals surface area contributed by atoms with Gasteiger partial charge in [-0.1, -0.05) is 29.8 Å². The summed E-state index contributed by atoms with van der Waals surface area (Å²) in [6.07, 6.45) is 0.230. The molecule has 0 unspecified atom stereocenters. The Bertz CT molecular complexity index is 1110. The highest BCUT2D eigenvalue weighted by Crippen LogP contribution is 2.21. The van der Waals surface area contributed by atoms with E-state index in [0.717, 1.165) is 22.4 Å². The SMILES string of the molecule is Cc1cc(C)c(NC(=O)COC(=O)CCc2nc3ccccc3c(=O)[nH]2)c(C)c1. The first-order chi connectivity index (χ1) is 13.8. The fourth-order valence-corrected chi connectivity index (χ4v) is 3.24. The quantitative estimate of drug-likeness (QED) is 0.627. The summed E-state index contributed by atoms with van der Waals surface area (Å²) in [6.45, 7) is 5.45. The number of aromatic amines is 1. The highest BCUT2D eigenvalue weighted by molar-refractivity contribution is 5.94. The molecule has 0 radical (unpaired) electrons. The Morgan fingerprint density at radius 3 is 2.52 bits per heavy atom. The van der Waals surface area contributed by atoms with E-state index in [1.165, 1.54) is 0 Å². The van der Waals surface area contributed by atoms with E-state index >= 15 is 0 Å². The minimum atomic E-state index is -0.534. The Kier molecular flexibility index (Phi) is 6.07. The van der Waals surface area contributed by atoms with Crippen LogP contribution in [-0.4, -0.2) is 28.5 Å². The van der Waals surface area contributed by atoms with Crippen molar-refractivity contribution < 1.29 is 14.3 Å². The number of hydrogen-bond acceptors (Lipinski definition) is 5. The van der Waals surface area contributed by atoms with Gasteiger partial charge in [0, 0.05) is 12.1 Å². The van der Waals surface area contributed by atoms with Gasteiger partial charge in [-0.2, -0.15) is 0 Å². The normalized spacial score (nSPS) is 10.7. The van der Waals surface area contributed by atoms with Crippen molar-refractivity contribution in [2.45, 2.75) is 33.6 Å². The number of amides is 1. The summed E-state index contributed by atoms with van der Waals surface area (Å²) in [5.74, 6) is -0.528. The lowest BCUT2D eigenvalue weighted by atomic mass is 10.1. The molecule has 3 rings (SSSR count). The second-order valence-electron chi connectivity index (χ2n) is 7.01. The topological polar surface area (TPSA) is 101 Å². The van der Waals surface area contributed by atoms with Crippen molar-refractivity contribution in [2.75, 3.05) is 11.9 Å². The lowest BCUT2D eigenvalue weighted by Crippen LogP contribution is -2.22. The number of fused-ring (bicyclic) bond motifs is 1. The van der Waals surface area contributed by atoms with Crippen molar-refractivity contribution in [3.63, 3.8) is 0 Å². The summed E-state index contributed by atoms with van der Waals surface area (Å²) in [4.78, 5) is 43.2. The van der Waals surface area contributed by atoms with Crippen LogP contribution in [0.1, 0.15) is 28.9 Å². The van der Waals surface area contributed by atoms with Crippen LogP contribution in [0.15, 0.2) is 41.2 Å². The molecule has 0 spiro atoms. The highest BCUT2D eigenvalue weighted by Gasteiger charge is 2.12. The summed E-state index contributed by atoms with van der Waals surface area (Å²) in [5.41, 5.74) is 4.08. The van der Waals surface area contributed by atoms with E-state index in [2.05, 4.69) is 15.3 Å². The van der Waals surface area contributed by atoms with Gasteiger partial charge in [-0.15, -0.1) is 0 Å².